The molecule has 1 fully saturated rings. The largest absolute Gasteiger partial charge is 0.490 e. The molecule has 1 saturated carbocycles. The van der Waals surface area contributed by atoms with Gasteiger partial charge in [0.05, 0.1) is 12.3 Å². The molecule has 2 rings (SSSR count). The fourth-order valence-corrected chi connectivity index (χ4v) is 2.26. The Morgan fingerprint density at radius 1 is 1.41 bits per heavy atom. The highest BCUT2D eigenvalue weighted by Crippen LogP contribution is 2.30. The quantitative estimate of drug-likeness (QED) is 0.786. The molecule has 0 aliphatic heterocycles. The lowest BCUT2D eigenvalue weighted by molar-refractivity contribution is 0.0691. The molecule has 0 aromatic heterocycles. The second-order valence-corrected chi connectivity index (χ2v) is 4.49. The van der Waals surface area contributed by atoms with Gasteiger partial charge in [0.15, 0.2) is 5.75 Å². The molecule has 0 radical (unpaired) electrons. The first-order valence-corrected chi connectivity index (χ1v) is 5.93. The Hall–Kier alpha value is -1.71. The number of hydrogen-bond acceptors (Lipinski definition) is 3. The molecule has 1 aromatic rings. The maximum absolute atomic E-state index is 11.0. The third-order valence-corrected chi connectivity index (χ3v) is 3.21. The van der Waals surface area contributed by atoms with Gasteiger partial charge in [-0.25, -0.2) is 4.79 Å². The van der Waals surface area contributed by atoms with Crippen molar-refractivity contribution in [2.24, 2.45) is 5.92 Å². The van der Waals surface area contributed by atoms with Crippen LogP contribution < -0.4 is 10.5 Å². The van der Waals surface area contributed by atoms with Gasteiger partial charge in [0.2, 0.25) is 0 Å². The van der Waals surface area contributed by atoms with Gasteiger partial charge in [-0.1, -0.05) is 18.9 Å². The maximum Gasteiger partial charge on any atom is 0.339 e. The molecule has 92 valence electrons. The molecule has 0 unspecified atom stereocenters. The van der Waals surface area contributed by atoms with Crippen LogP contribution in [0, 0.1) is 5.92 Å². The summed E-state index contributed by atoms with van der Waals surface area (Å²) >= 11 is 0. The van der Waals surface area contributed by atoms with Crippen LogP contribution in [0.3, 0.4) is 0 Å². The van der Waals surface area contributed by atoms with Crippen molar-refractivity contribution in [3.63, 3.8) is 0 Å². The number of anilines is 1. The molecule has 3 N–H and O–H groups in total. The second kappa shape index (κ2) is 5.08. The average Bonchev–Trinajstić information content (AvgIpc) is 2.80. The Labute approximate surface area is 100 Å². The molecule has 0 heterocycles. The van der Waals surface area contributed by atoms with E-state index in [4.69, 9.17) is 15.6 Å². The standard InChI is InChI=1S/C13H17NO3/c14-11-7-3-6-10(13(15)16)12(11)17-8-9-4-1-2-5-9/h3,6-7,9H,1-2,4-5,8,14H2,(H,15,16). The summed E-state index contributed by atoms with van der Waals surface area (Å²) in [7, 11) is 0. The smallest absolute Gasteiger partial charge is 0.339 e. The van der Waals surface area contributed by atoms with E-state index in [1.807, 2.05) is 0 Å². The fourth-order valence-electron chi connectivity index (χ4n) is 2.26. The van der Waals surface area contributed by atoms with E-state index in [1.165, 1.54) is 18.9 Å². The Morgan fingerprint density at radius 2 is 2.12 bits per heavy atom. The van der Waals surface area contributed by atoms with Gasteiger partial charge in [0, 0.05) is 0 Å². The van der Waals surface area contributed by atoms with E-state index in [1.54, 1.807) is 12.1 Å². The minimum absolute atomic E-state index is 0.142. The van der Waals surface area contributed by atoms with E-state index in [0.29, 0.717) is 24.0 Å². The molecule has 1 aliphatic carbocycles. The number of carbonyl (C=O) groups is 1. The summed E-state index contributed by atoms with van der Waals surface area (Å²) in [5, 5.41) is 9.05. The van der Waals surface area contributed by atoms with Crippen LogP contribution >= 0.6 is 0 Å². The monoisotopic (exact) mass is 235 g/mol. The van der Waals surface area contributed by atoms with E-state index < -0.39 is 5.97 Å². The molecule has 0 bridgehead atoms. The van der Waals surface area contributed by atoms with Crippen molar-refractivity contribution >= 4 is 11.7 Å². The first-order chi connectivity index (χ1) is 8.18. The third-order valence-electron chi connectivity index (χ3n) is 3.21. The summed E-state index contributed by atoms with van der Waals surface area (Å²) in [6, 6.07) is 4.81. The van der Waals surface area contributed by atoms with Gasteiger partial charge >= 0.3 is 5.97 Å². The van der Waals surface area contributed by atoms with E-state index in [9.17, 15) is 4.79 Å². The van der Waals surface area contributed by atoms with Crippen LogP contribution in [-0.2, 0) is 0 Å². The summed E-state index contributed by atoms with van der Waals surface area (Å²) in [4.78, 5) is 11.0. The fraction of sp³-hybridized carbons (Fsp3) is 0.462. The zero-order chi connectivity index (χ0) is 12.3. The van der Waals surface area contributed by atoms with Crippen LogP contribution in [0.1, 0.15) is 36.0 Å². The zero-order valence-corrected chi connectivity index (χ0v) is 9.69. The number of carboxylic acid groups (broad SMARTS) is 1. The van der Waals surface area contributed by atoms with Gasteiger partial charge in [0.25, 0.3) is 0 Å². The number of hydrogen-bond donors (Lipinski definition) is 2. The van der Waals surface area contributed by atoms with Crippen LogP contribution in [0.5, 0.6) is 5.75 Å². The highest BCUT2D eigenvalue weighted by atomic mass is 16.5. The number of aromatic carboxylic acids is 1. The van der Waals surface area contributed by atoms with Gasteiger partial charge in [0.1, 0.15) is 5.56 Å². The molecule has 4 nitrogen and oxygen atoms in total. The van der Waals surface area contributed by atoms with Crippen LogP contribution in [0.4, 0.5) is 5.69 Å². The molecule has 0 saturated heterocycles. The van der Waals surface area contributed by atoms with E-state index >= 15 is 0 Å². The number of nitrogens with two attached hydrogens (primary N) is 1. The average molecular weight is 235 g/mol. The van der Waals surface area contributed by atoms with Gasteiger partial charge in [-0.05, 0) is 30.9 Å². The van der Waals surface area contributed by atoms with Gasteiger partial charge in [-0.2, -0.15) is 0 Å². The van der Waals surface area contributed by atoms with Crippen LogP contribution in [0.25, 0.3) is 0 Å². The predicted octanol–water partition coefficient (Wildman–Crippen LogP) is 2.54. The summed E-state index contributed by atoms with van der Waals surface area (Å²) < 4.78 is 5.61. The van der Waals surface area contributed by atoms with Crippen molar-refractivity contribution in [2.45, 2.75) is 25.7 Å². The molecule has 1 aliphatic rings. The van der Waals surface area contributed by atoms with Gasteiger partial charge in [-0.15, -0.1) is 0 Å². The number of para-hydroxylation sites is 1. The Bertz CT molecular complexity index is 411. The molecule has 0 atom stereocenters. The van der Waals surface area contributed by atoms with Crippen LogP contribution in [0.15, 0.2) is 18.2 Å². The van der Waals surface area contributed by atoms with Crippen LogP contribution in [0.2, 0.25) is 0 Å². The van der Waals surface area contributed by atoms with Crippen molar-refractivity contribution in [3.05, 3.63) is 23.8 Å². The first kappa shape index (κ1) is 11.8. The Kier molecular flexibility index (Phi) is 3.52. The molecule has 0 amide bonds. The lowest BCUT2D eigenvalue weighted by atomic mass is 10.1. The zero-order valence-electron chi connectivity index (χ0n) is 9.69. The van der Waals surface area contributed by atoms with Crippen molar-refractivity contribution in [1.82, 2.24) is 0 Å². The number of rotatable bonds is 4. The number of benzene rings is 1. The molecule has 1 aromatic carbocycles. The van der Waals surface area contributed by atoms with E-state index in [2.05, 4.69) is 0 Å². The summed E-state index contributed by atoms with van der Waals surface area (Å²) in [6.45, 7) is 0.564. The van der Waals surface area contributed by atoms with Crippen molar-refractivity contribution in [2.75, 3.05) is 12.3 Å². The first-order valence-electron chi connectivity index (χ1n) is 5.93. The molecular weight excluding hydrogens is 218 g/mol. The second-order valence-electron chi connectivity index (χ2n) is 4.49. The predicted molar refractivity (Wildman–Crippen MR) is 65.3 cm³/mol. The van der Waals surface area contributed by atoms with Crippen molar-refractivity contribution < 1.29 is 14.6 Å². The van der Waals surface area contributed by atoms with Gasteiger partial charge < -0.3 is 15.6 Å². The maximum atomic E-state index is 11.0. The molecule has 0 spiro atoms. The van der Waals surface area contributed by atoms with E-state index in [0.717, 1.165) is 12.8 Å². The normalized spacial score (nSPS) is 16.0. The molecule has 4 heteroatoms. The van der Waals surface area contributed by atoms with E-state index in [-0.39, 0.29) is 5.56 Å². The summed E-state index contributed by atoms with van der Waals surface area (Å²) in [6.07, 6.45) is 4.80. The van der Waals surface area contributed by atoms with Crippen LogP contribution in [-0.4, -0.2) is 17.7 Å². The highest BCUT2D eigenvalue weighted by molar-refractivity contribution is 5.93. The van der Waals surface area contributed by atoms with Crippen molar-refractivity contribution in [3.8, 4) is 5.75 Å². The lowest BCUT2D eigenvalue weighted by Crippen LogP contribution is -2.12. The minimum Gasteiger partial charge on any atom is -0.490 e. The number of carboxylic acids is 1. The van der Waals surface area contributed by atoms with Gasteiger partial charge in [-0.3, -0.25) is 0 Å². The number of nitrogen functional groups attached to an aromatic ring is 1. The lowest BCUT2D eigenvalue weighted by Gasteiger charge is -2.14. The molecule has 17 heavy (non-hydrogen) atoms. The number of ether oxygens (including phenoxy) is 1. The highest BCUT2D eigenvalue weighted by Gasteiger charge is 2.19. The van der Waals surface area contributed by atoms with Crippen molar-refractivity contribution in [1.29, 1.82) is 0 Å². The topological polar surface area (TPSA) is 72.6 Å². The summed E-state index contributed by atoms with van der Waals surface area (Å²) in [5.74, 6) is -0.151. The molecular formula is C13H17NO3. The summed E-state index contributed by atoms with van der Waals surface area (Å²) in [5.41, 5.74) is 6.29. The Balaban J connectivity index is 2.10. The third kappa shape index (κ3) is 2.70. The SMILES string of the molecule is Nc1cccc(C(=O)O)c1OCC1CCCC1. The minimum atomic E-state index is -1.00. The Morgan fingerprint density at radius 3 is 2.76 bits per heavy atom.